The summed E-state index contributed by atoms with van der Waals surface area (Å²) in [5, 5.41) is 0. The van der Waals surface area contributed by atoms with Crippen LogP contribution in [0.2, 0.25) is 0 Å². The molecule has 4 nitrogen and oxygen atoms in total. The molecule has 1 aromatic heterocycles. The van der Waals surface area contributed by atoms with Crippen molar-refractivity contribution in [2.24, 2.45) is 5.92 Å². The topological polar surface area (TPSA) is 60.2 Å². The van der Waals surface area contributed by atoms with Gasteiger partial charge in [0.15, 0.2) is 21.3 Å². The molecule has 4 rings (SSSR count). The highest BCUT2D eigenvalue weighted by Crippen LogP contribution is 2.40. The van der Waals surface area contributed by atoms with Crippen molar-refractivity contribution in [2.45, 2.75) is 38.0 Å². The number of aromatic nitrogens is 1. The highest BCUT2D eigenvalue weighted by atomic mass is 32.2. The number of hydrogen-bond donors (Lipinski definition) is 0. The van der Waals surface area contributed by atoms with E-state index in [2.05, 4.69) is 11.1 Å². The average molecular weight is 305 g/mol. The van der Waals surface area contributed by atoms with Crippen LogP contribution in [0.25, 0.3) is 11.1 Å². The fourth-order valence-corrected chi connectivity index (χ4v) is 5.01. The minimum Gasteiger partial charge on any atom is -0.440 e. The Morgan fingerprint density at radius 1 is 1.24 bits per heavy atom. The van der Waals surface area contributed by atoms with Gasteiger partial charge in [0.2, 0.25) is 0 Å². The molecule has 2 aromatic rings. The Labute approximate surface area is 124 Å². The third-order valence-electron chi connectivity index (χ3n) is 4.48. The van der Waals surface area contributed by atoms with Crippen molar-refractivity contribution in [2.75, 3.05) is 11.5 Å². The van der Waals surface area contributed by atoms with Crippen LogP contribution in [0.4, 0.5) is 0 Å². The number of fused-ring (bicyclic) bond motifs is 1. The maximum Gasteiger partial charge on any atom is 0.198 e. The van der Waals surface area contributed by atoms with E-state index in [0.29, 0.717) is 17.4 Å². The van der Waals surface area contributed by atoms with Crippen molar-refractivity contribution in [3.8, 4) is 0 Å². The molecule has 0 radical (unpaired) electrons. The predicted octanol–water partition coefficient (Wildman–Crippen LogP) is 3.07. The number of hydrogen-bond acceptors (Lipinski definition) is 4. The van der Waals surface area contributed by atoms with E-state index in [9.17, 15) is 8.42 Å². The molecule has 5 heteroatoms. The minimum absolute atomic E-state index is 0.246. The molecule has 0 bridgehead atoms. The Morgan fingerprint density at radius 2 is 2.10 bits per heavy atom. The molecule has 0 N–H and O–H groups in total. The minimum atomic E-state index is -2.83. The number of rotatable bonds is 3. The van der Waals surface area contributed by atoms with E-state index in [1.54, 1.807) is 0 Å². The van der Waals surface area contributed by atoms with Gasteiger partial charge in [0.25, 0.3) is 0 Å². The summed E-state index contributed by atoms with van der Waals surface area (Å²) < 4.78 is 29.2. The van der Waals surface area contributed by atoms with Crippen molar-refractivity contribution in [3.05, 3.63) is 29.7 Å². The normalized spacial score (nSPS) is 25.2. The standard InChI is InChI=1S/C16H19NO3S/c18-21(19)7-1-2-12(10-21)8-11-3-6-15-14(9-11)17-16(20-15)13-4-5-13/h3,6,9,12-13H,1-2,4-5,7-8,10H2. The Morgan fingerprint density at radius 3 is 2.86 bits per heavy atom. The smallest absolute Gasteiger partial charge is 0.198 e. The van der Waals surface area contributed by atoms with E-state index < -0.39 is 9.84 Å². The summed E-state index contributed by atoms with van der Waals surface area (Å²) in [5.74, 6) is 2.32. The summed E-state index contributed by atoms with van der Waals surface area (Å²) >= 11 is 0. The highest BCUT2D eigenvalue weighted by Gasteiger charge is 2.29. The van der Waals surface area contributed by atoms with Gasteiger partial charge < -0.3 is 4.42 Å². The second-order valence-electron chi connectivity index (χ2n) is 6.46. The lowest BCUT2D eigenvalue weighted by Gasteiger charge is -2.21. The number of nitrogens with zero attached hydrogens (tertiary/aromatic N) is 1. The molecule has 2 fully saturated rings. The van der Waals surface area contributed by atoms with Gasteiger partial charge in [-0.2, -0.15) is 0 Å². The lowest BCUT2D eigenvalue weighted by Crippen LogP contribution is -2.26. The summed E-state index contributed by atoms with van der Waals surface area (Å²) in [6, 6.07) is 6.08. The zero-order valence-corrected chi connectivity index (χ0v) is 12.7. The van der Waals surface area contributed by atoms with Crippen LogP contribution in [0.3, 0.4) is 0 Å². The first-order valence-electron chi connectivity index (χ1n) is 7.69. The van der Waals surface area contributed by atoms with Crippen molar-refractivity contribution < 1.29 is 12.8 Å². The first kappa shape index (κ1) is 13.3. The van der Waals surface area contributed by atoms with E-state index in [-0.39, 0.29) is 5.92 Å². The molecular formula is C16H19NO3S. The van der Waals surface area contributed by atoms with Crippen LogP contribution in [0.1, 0.15) is 43.1 Å². The Bertz CT molecular complexity index is 774. The number of sulfone groups is 1. The molecule has 0 spiro atoms. The van der Waals surface area contributed by atoms with E-state index in [1.807, 2.05) is 12.1 Å². The van der Waals surface area contributed by atoms with Crippen LogP contribution >= 0.6 is 0 Å². The molecule has 0 amide bonds. The summed E-state index contributed by atoms with van der Waals surface area (Å²) in [6.07, 6.45) is 4.98. The molecule has 112 valence electrons. The Balaban J connectivity index is 1.55. The zero-order valence-electron chi connectivity index (χ0n) is 11.9. The summed E-state index contributed by atoms with van der Waals surface area (Å²) in [7, 11) is -2.83. The molecule has 21 heavy (non-hydrogen) atoms. The predicted molar refractivity (Wildman–Crippen MR) is 81.1 cm³/mol. The summed E-state index contributed by atoms with van der Waals surface area (Å²) in [6.45, 7) is 0. The largest absolute Gasteiger partial charge is 0.440 e. The van der Waals surface area contributed by atoms with Crippen molar-refractivity contribution in [1.82, 2.24) is 4.98 Å². The van der Waals surface area contributed by atoms with Gasteiger partial charge in [0.05, 0.1) is 11.5 Å². The lowest BCUT2D eigenvalue weighted by atomic mass is 9.96. The van der Waals surface area contributed by atoms with Crippen LogP contribution < -0.4 is 0 Å². The van der Waals surface area contributed by atoms with E-state index in [0.717, 1.165) is 36.3 Å². The van der Waals surface area contributed by atoms with Gasteiger partial charge in [-0.25, -0.2) is 13.4 Å². The average Bonchev–Trinajstić information content (AvgIpc) is 3.18. The van der Waals surface area contributed by atoms with Crippen LogP contribution in [0, 0.1) is 5.92 Å². The second-order valence-corrected chi connectivity index (χ2v) is 8.68. The molecule has 2 aliphatic rings. The molecule has 1 atom stereocenters. The quantitative estimate of drug-likeness (QED) is 0.874. The van der Waals surface area contributed by atoms with Gasteiger partial charge >= 0.3 is 0 Å². The van der Waals surface area contributed by atoms with Crippen molar-refractivity contribution in [1.29, 1.82) is 0 Å². The summed E-state index contributed by atoms with van der Waals surface area (Å²) in [4.78, 5) is 4.57. The fourth-order valence-electron chi connectivity index (χ4n) is 3.23. The third-order valence-corrected chi connectivity index (χ3v) is 6.37. The molecule has 1 unspecified atom stereocenters. The highest BCUT2D eigenvalue weighted by molar-refractivity contribution is 7.91. The first-order chi connectivity index (χ1) is 10.1. The maximum absolute atomic E-state index is 11.7. The second kappa shape index (κ2) is 4.83. The van der Waals surface area contributed by atoms with Crippen LogP contribution in [0.15, 0.2) is 22.6 Å². The van der Waals surface area contributed by atoms with Gasteiger partial charge in [0.1, 0.15) is 5.52 Å². The first-order valence-corrected chi connectivity index (χ1v) is 9.51. The lowest BCUT2D eigenvalue weighted by molar-refractivity contribution is 0.484. The molecule has 1 aromatic carbocycles. The number of benzene rings is 1. The van der Waals surface area contributed by atoms with Gasteiger partial charge in [-0.15, -0.1) is 0 Å². The molecular weight excluding hydrogens is 286 g/mol. The fraction of sp³-hybridized carbons (Fsp3) is 0.562. The van der Waals surface area contributed by atoms with Crippen molar-refractivity contribution >= 4 is 20.9 Å². The van der Waals surface area contributed by atoms with E-state index in [4.69, 9.17) is 4.42 Å². The van der Waals surface area contributed by atoms with Crippen molar-refractivity contribution in [3.63, 3.8) is 0 Å². The van der Waals surface area contributed by atoms with E-state index in [1.165, 1.54) is 18.4 Å². The van der Waals surface area contributed by atoms with Crippen LogP contribution in [-0.4, -0.2) is 24.9 Å². The maximum atomic E-state index is 11.7. The summed E-state index contributed by atoms with van der Waals surface area (Å²) in [5.41, 5.74) is 2.92. The van der Waals surface area contributed by atoms with Crippen LogP contribution in [-0.2, 0) is 16.3 Å². The molecule has 1 aliphatic heterocycles. The Kier molecular flexibility index (Phi) is 3.06. The Hall–Kier alpha value is -1.36. The van der Waals surface area contributed by atoms with Gasteiger partial charge in [-0.1, -0.05) is 6.07 Å². The zero-order chi connectivity index (χ0) is 14.4. The van der Waals surface area contributed by atoms with Gasteiger partial charge in [-0.3, -0.25) is 0 Å². The molecule has 1 saturated carbocycles. The third kappa shape index (κ3) is 2.84. The SMILES string of the molecule is O=S1(=O)CCCC(Cc2ccc3oc(C4CC4)nc3c2)C1. The van der Waals surface area contributed by atoms with Gasteiger partial charge in [0, 0.05) is 5.92 Å². The van der Waals surface area contributed by atoms with Gasteiger partial charge in [-0.05, 0) is 55.7 Å². The molecule has 1 aliphatic carbocycles. The molecule has 1 saturated heterocycles. The number of oxazole rings is 1. The van der Waals surface area contributed by atoms with Crippen LogP contribution in [0.5, 0.6) is 0 Å². The molecule has 2 heterocycles. The van der Waals surface area contributed by atoms with E-state index >= 15 is 0 Å². The monoisotopic (exact) mass is 305 g/mol.